The first kappa shape index (κ1) is 13.7. The lowest BCUT2D eigenvalue weighted by Gasteiger charge is -2.19. The third-order valence-corrected chi connectivity index (χ3v) is 2.95. The van der Waals surface area contributed by atoms with Crippen molar-refractivity contribution < 1.29 is 14.3 Å². The second-order valence-corrected chi connectivity index (χ2v) is 3.97. The van der Waals surface area contributed by atoms with Crippen molar-refractivity contribution >= 4 is 34.2 Å². The van der Waals surface area contributed by atoms with E-state index in [4.69, 9.17) is 4.74 Å². The van der Waals surface area contributed by atoms with E-state index in [1.807, 2.05) is 12.2 Å². The van der Waals surface area contributed by atoms with Crippen molar-refractivity contribution in [3.8, 4) is 0 Å². The van der Waals surface area contributed by atoms with Crippen LogP contribution in [0.4, 0.5) is 10.6 Å². The molecule has 0 unspecified atom stereocenters. The number of methoxy groups -OCH3 is 1. The summed E-state index contributed by atoms with van der Waals surface area (Å²) in [7, 11) is 3.26. The molecule has 0 spiro atoms. The number of nitrogens with zero attached hydrogens (tertiary/aromatic N) is 3. The third kappa shape index (κ3) is 2.83. The van der Waals surface area contributed by atoms with Crippen molar-refractivity contribution in [1.29, 1.82) is 0 Å². The van der Waals surface area contributed by atoms with Crippen LogP contribution >= 0.6 is 15.9 Å². The van der Waals surface area contributed by atoms with E-state index in [0.717, 1.165) is 5.69 Å². The first-order valence-electron chi connectivity index (χ1n) is 4.72. The smallest absolute Gasteiger partial charge is 0.331 e. The molecule has 17 heavy (non-hydrogen) atoms. The van der Waals surface area contributed by atoms with Gasteiger partial charge in [-0.3, -0.25) is 15.0 Å². The zero-order valence-electron chi connectivity index (χ0n) is 9.73. The number of carbonyl (C=O) groups excluding carboxylic acids is 2. The molecule has 0 aliphatic carbocycles. The Labute approximate surface area is 107 Å². The van der Waals surface area contributed by atoms with Gasteiger partial charge >= 0.3 is 6.03 Å². The molecule has 0 radical (unpaired) electrons. The highest BCUT2D eigenvalue weighted by Gasteiger charge is 2.21. The Hall–Kier alpha value is -1.41. The molecule has 0 aliphatic rings. The van der Waals surface area contributed by atoms with E-state index in [2.05, 4.69) is 20.9 Å². The van der Waals surface area contributed by atoms with Crippen LogP contribution in [0.25, 0.3) is 0 Å². The van der Waals surface area contributed by atoms with Crippen LogP contribution in [0.3, 0.4) is 0 Å². The van der Waals surface area contributed by atoms with Gasteiger partial charge in [-0.2, -0.15) is 0 Å². The van der Waals surface area contributed by atoms with Crippen molar-refractivity contribution in [1.82, 2.24) is 14.9 Å². The van der Waals surface area contributed by atoms with E-state index in [1.165, 1.54) is 12.0 Å². The van der Waals surface area contributed by atoms with Gasteiger partial charge in [-0.1, -0.05) is 0 Å². The van der Waals surface area contributed by atoms with Gasteiger partial charge < -0.3 is 9.30 Å². The monoisotopic (exact) mass is 304 g/mol. The summed E-state index contributed by atoms with van der Waals surface area (Å²) in [6.45, 7) is 1.81. The van der Waals surface area contributed by atoms with Crippen molar-refractivity contribution in [2.75, 3.05) is 18.7 Å². The number of anilines is 1. The molecule has 1 aromatic heterocycles. The van der Waals surface area contributed by atoms with Gasteiger partial charge in [-0.05, 0) is 22.9 Å². The zero-order chi connectivity index (χ0) is 13.0. The minimum Gasteiger partial charge on any atom is -0.364 e. The van der Waals surface area contributed by atoms with Crippen LogP contribution < -0.4 is 10.2 Å². The zero-order valence-corrected chi connectivity index (χ0v) is 11.3. The second-order valence-electron chi connectivity index (χ2n) is 3.26. The van der Waals surface area contributed by atoms with Gasteiger partial charge in [0.15, 0.2) is 10.6 Å². The number of aromatic nitrogens is 2. The number of urea groups is 1. The van der Waals surface area contributed by atoms with Crippen LogP contribution in [0.2, 0.25) is 0 Å². The van der Waals surface area contributed by atoms with Gasteiger partial charge in [0, 0.05) is 14.2 Å². The van der Waals surface area contributed by atoms with Crippen molar-refractivity contribution in [2.45, 2.75) is 6.92 Å². The van der Waals surface area contributed by atoms with E-state index >= 15 is 0 Å². The number of hydrogen-bond donors (Lipinski definition) is 1. The molecular weight excluding hydrogens is 292 g/mol. The molecule has 94 valence electrons. The van der Waals surface area contributed by atoms with E-state index in [0.29, 0.717) is 17.0 Å². The molecule has 1 aromatic rings. The summed E-state index contributed by atoms with van der Waals surface area (Å²) in [6, 6.07) is -0.587. The predicted octanol–water partition coefficient (Wildman–Crippen LogP) is 0.767. The fourth-order valence-corrected chi connectivity index (χ4v) is 1.69. The molecule has 1 rings (SSSR count). The second kappa shape index (κ2) is 5.78. The Morgan fingerprint density at radius 2 is 2.35 bits per heavy atom. The molecular formula is C9H13BrN4O3. The summed E-state index contributed by atoms with van der Waals surface area (Å²) in [4.78, 5) is 27.3. The SMILES string of the molecule is COCN(C(=O)NC=O)c1nc(Br)n(C)c1C. The average Bonchev–Trinajstić information content (AvgIpc) is 2.54. The van der Waals surface area contributed by atoms with E-state index in [1.54, 1.807) is 11.6 Å². The summed E-state index contributed by atoms with van der Waals surface area (Å²) in [6.07, 6.45) is 0.318. The van der Waals surface area contributed by atoms with Gasteiger partial charge in [0.1, 0.15) is 6.73 Å². The Morgan fingerprint density at radius 3 is 2.76 bits per heavy atom. The lowest BCUT2D eigenvalue weighted by atomic mass is 10.4. The Morgan fingerprint density at radius 1 is 1.71 bits per heavy atom. The average molecular weight is 305 g/mol. The quantitative estimate of drug-likeness (QED) is 0.658. The number of imidazole rings is 1. The van der Waals surface area contributed by atoms with Gasteiger partial charge in [0.05, 0.1) is 5.69 Å². The van der Waals surface area contributed by atoms with Crippen LogP contribution in [0.5, 0.6) is 0 Å². The van der Waals surface area contributed by atoms with Crippen LogP contribution in [0.1, 0.15) is 5.69 Å². The highest BCUT2D eigenvalue weighted by Crippen LogP contribution is 2.22. The number of halogens is 1. The van der Waals surface area contributed by atoms with Crippen molar-refractivity contribution in [3.05, 3.63) is 10.4 Å². The minimum atomic E-state index is -0.587. The maximum atomic E-state index is 11.6. The number of hydrogen-bond acceptors (Lipinski definition) is 4. The lowest BCUT2D eigenvalue weighted by Crippen LogP contribution is -2.41. The largest absolute Gasteiger partial charge is 0.364 e. The topological polar surface area (TPSA) is 76.5 Å². The van der Waals surface area contributed by atoms with Crippen LogP contribution in [-0.4, -0.2) is 35.8 Å². The molecule has 0 aliphatic heterocycles. The molecule has 0 aromatic carbocycles. The summed E-state index contributed by atoms with van der Waals surface area (Å²) in [5, 5.41) is 2.05. The molecule has 0 atom stereocenters. The number of ether oxygens (including phenoxy) is 1. The molecule has 0 fully saturated rings. The lowest BCUT2D eigenvalue weighted by molar-refractivity contribution is -0.108. The Balaban J connectivity index is 3.08. The van der Waals surface area contributed by atoms with Crippen molar-refractivity contribution in [2.24, 2.45) is 7.05 Å². The molecule has 3 amide bonds. The molecule has 1 heterocycles. The molecule has 0 saturated carbocycles. The molecule has 0 bridgehead atoms. The summed E-state index contributed by atoms with van der Waals surface area (Å²) in [5.74, 6) is 0.431. The van der Waals surface area contributed by atoms with Crippen LogP contribution in [0.15, 0.2) is 4.73 Å². The highest BCUT2D eigenvalue weighted by molar-refractivity contribution is 9.10. The number of imide groups is 1. The number of carbonyl (C=O) groups is 2. The number of rotatable bonds is 4. The van der Waals surface area contributed by atoms with E-state index in [9.17, 15) is 9.59 Å². The van der Waals surface area contributed by atoms with Gasteiger partial charge in [-0.15, -0.1) is 0 Å². The van der Waals surface area contributed by atoms with Gasteiger partial charge in [-0.25, -0.2) is 9.78 Å². The fraction of sp³-hybridized carbons (Fsp3) is 0.444. The molecule has 8 heteroatoms. The Kier molecular flexibility index (Phi) is 4.64. The fourth-order valence-electron chi connectivity index (χ4n) is 1.26. The Bertz CT molecular complexity index is 432. The van der Waals surface area contributed by atoms with E-state index < -0.39 is 6.03 Å². The molecule has 0 saturated heterocycles. The molecule has 1 N–H and O–H groups in total. The minimum absolute atomic E-state index is 0.00394. The first-order valence-corrected chi connectivity index (χ1v) is 5.51. The van der Waals surface area contributed by atoms with Gasteiger partial charge in [0.2, 0.25) is 6.41 Å². The third-order valence-electron chi connectivity index (χ3n) is 2.24. The number of nitrogens with one attached hydrogen (secondary N) is 1. The van der Waals surface area contributed by atoms with E-state index in [-0.39, 0.29) is 6.73 Å². The summed E-state index contributed by atoms with van der Waals surface area (Å²) < 4.78 is 7.27. The summed E-state index contributed by atoms with van der Waals surface area (Å²) in [5.41, 5.74) is 0.773. The highest BCUT2D eigenvalue weighted by atomic mass is 79.9. The van der Waals surface area contributed by atoms with Crippen molar-refractivity contribution in [3.63, 3.8) is 0 Å². The van der Waals surface area contributed by atoms with Crippen LogP contribution in [0, 0.1) is 6.92 Å². The maximum Gasteiger partial charge on any atom is 0.331 e. The van der Waals surface area contributed by atoms with Gasteiger partial charge in [0.25, 0.3) is 0 Å². The normalized spacial score (nSPS) is 10.1. The number of amides is 3. The molecule has 7 nitrogen and oxygen atoms in total. The summed E-state index contributed by atoms with van der Waals surface area (Å²) >= 11 is 3.26. The van der Waals surface area contributed by atoms with Crippen LogP contribution in [-0.2, 0) is 16.6 Å². The first-order chi connectivity index (χ1) is 8.02. The predicted molar refractivity (Wildman–Crippen MR) is 64.6 cm³/mol. The standard InChI is InChI=1S/C9H13BrN4O3/c1-6-7(12-8(10)13(6)2)14(5-17-3)9(16)11-4-15/h4H,5H2,1-3H3,(H,11,15,16). The maximum absolute atomic E-state index is 11.6.